The number of carbonyl (C=O) groups is 3. The quantitative estimate of drug-likeness (QED) is 0.159. The number of methoxy groups -OCH3 is 2. The summed E-state index contributed by atoms with van der Waals surface area (Å²) in [5, 5.41) is 25.5. The average Bonchev–Trinajstić information content (AvgIpc) is 3.06. The highest BCUT2D eigenvalue weighted by Gasteiger charge is 2.05. The Labute approximate surface area is 326 Å². The average molecular weight is 991 g/mol. The zero-order valence-corrected chi connectivity index (χ0v) is 34.2. The van der Waals surface area contributed by atoms with Gasteiger partial charge in [0.05, 0.1) is 39.9 Å². The number of hydrogen-bond donors (Lipinski definition) is 3. The summed E-state index contributed by atoms with van der Waals surface area (Å²) in [7, 11) is 3.31. The van der Waals surface area contributed by atoms with Gasteiger partial charge in [0.2, 0.25) is 0 Å². The smallest absolute Gasteiger partial charge is 0.336 e. The molecule has 0 saturated carbocycles. The van der Waals surface area contributed by atoms with E-state index in [4.69, 9.17) is 24.8 Å². The summed E-state index contributed by atoms with van der Waals surface area (Å²) in [6, 6.07) is 33.5. The molecule has 0 aliphatic carbocycles. The van der Waals surface area contributed by atoms with Crippen molar-refractivity contribution in [3.8, 4) is 11.5 Å². The van der Waals surface area contributed by atoms with E-state index in [2.05, 4.69) is 79.6 Å². The molecule has 0 amide bonds. The zero-order valence-electron chi connectivity index (χ0n) is 26.2. The summed E-state index contributed by atoms with van der Waals surface area (Å²) < 4.78 is 14.3. The molecule has 0 heterocycles. The summed E-state index contributed by atoms with van der Waals surface area (Å²) in [5.41, 5.74) is 2.10. The van der Waals surface area contributed by atoms with Crippen LogP contribution in [0.15, 0.2) is 138 Å². The lowest BCUT2D eigenvalue weighted by molar-refractivity contribution is 0.0685. The highest BCUT2D eigenvalue weighted by molar-refractivity contribution is 9.11. The van der Waals surface area contributed by atoms with E-state index in [0.29, 0.717) is 21.2 Å². The van der Waals surface area contributed by atoms with Crippen molar-refractivity contribution < 1.29 is 39.2 Å². The van der Waals surface area contributed by atoms with Gasteiger partial charge >= 0.3 is 17.9 Å². The van der Waals surface area contributed by atoms with Crippen LogP contribution < -0.4 is 9.47 Å². The maximum Gasteiger partial charge on any atom is 0.336 e. The van der Waals surface area contributed by atoms with E-state index in [9.17, 15) is 14.4 Å². The molecule has 0 aliphatic rings. The van der Waals surface area contributed by atoms with Gasteiger partial charge in [-0.2, -0.15) is 0 Å². The lowest BCUT2D eigenvalue weighted by Gasteiger charge is -2.06. The molecule has 49 heavy (non-hydrogen) atoms. The van der Waals surface area contributed by atoms with Gasteiger partial charge in [-0.1, -0.05) is 68.3 Å². The van der Waals surface area contributed by atoms with E-state index in [1.165, 1.54) is 5.56 Å². The van der Waals surface area contributed by atoms with Crippen molar-refractivity contribution in [1.29, 1.82) is 0 Å². The van der Waals surface area contributed by atoms with Crippen LogP contribution in [-0.2, 0) is 0 Å². The number of benzene rings is 5. The first-order chi connectivity index (χ1) is 23.2. The Morgan fingerprint density at radius 3 is 1.43 bits per heavy atom. The van der Waals surface area contributed by atoms with Gasteiger partial charge < -0.3 is 24.8 Å². The van der Waals surface area contributed by atoms with Gasteiger partial charge in [-0.05, 0) is 139 Å². The molecule has 258 valence electrons. The summed E-state index contributed by atoms with van der Waals surface area (Å²) in [5.74, 6) is -0.954. The van der Waals surface area contributed by atoms with Crippen molar-refractivity contribution >= 4 is 97.6 Å². The third-order valence-corrected chi connectivity index (χ3v) is 8.48. The predicted molar refractivity (Wildman–Crippen MR) is 209 cm³/mol. The second kappa shape index (κ2) is 23.8. The van der Waals surface area contributed by atoms with Crippen molar-refractivity contribution in [2.75, 3.05) is 14.2 Å². The second-order valence-corrected chi connectivity index (χ2v) is 13.6. The van der Waals surface area contributed by atoms with Crippen molar-refractivity contribution in [3.63, 3.8) is 0 Å². The number of carboxylic acid groups (broad SMARTS) is 3. The molecule has 5 rings (SSSR count). The fraction of sp³-hybridized carbons (Fsp3) is 0.0833. The summed E-state index contributed by atoms with van der Waals surface area (Å²) >= 11 is 16.3. The Hall–Kier alpha value is -3.49. The minimum Gasteiger partial charge on any atom is -0.497 e. The Kier molecular flexibility index (Phi) is 21.1. The molecule has 0 unspecified atom stereocenters. The Balaban J connectivity index is 0.000000307. The lowest BCUT2D eigenvalue weighted by Crippen LogP contribution is -1.95. The van der Waals surface area contributed by atoms with Crippen molar-refractivity contribution in [2.45, 2.75) is 6.92 Å². The van der Waals surface area contributed by atoms with Crippen molar-refractivity contribution in [1.82, 2.24) is 0 Å². The van der Waals surface area contributed by atoms with E-state index in [1.54, 1.807) is 87.0 Å². The second-order valence-electron chi connectivity index (χ2n) is 9.19. The van der Waals surface area contributed by atoms with E-state index in [0.717, 1.165) is 29.4 Å². The molecule has 0 saturated heterocycles. The summed E-state index contributed by atoms with van der Waals surface area (Å²) in [4.78, 5) is 31.0. The number of para-hydroxylation sites is 1. The molecule has 0 bridgehead atoms. The highest BCUT2D eigenvalue weighted by Crippen LogP contribution is 2.34. The van der Waals surface area contributed by atoms with Crippen molar-refractivity contribution in [2.24, 2.45) is 0 Å². The molecule has 5 aromatic rings. The van der Waals surface area contributed by atoms with E-state index >= 15 is 0 Å². The van der Waals surface area contributed by atoms with Crippen LogP contribution >= 0.6 is 79.6 Å². The Morgan fingerprint density at radius 2 is 1.04 bits per heavy atom. The molecular formula is C36H31Br5O8. The van der Waals surface area contributed by atoms with Gasteiger partial charge in [0.15, 0.2) is 0 Å². The molecule has 3 N–H and O–H groups in total. The maximum absolute atomic E-state index is 10.4. The Bertz CT molecular complexity index is 1760. The van der Waals surface area contributed by atoms with Crippen molar-refractivity contribution in [3.05, 3.63) is 160 Å². The molecule has 0 radical (unpaired) electrons. The molecule has 0 aliphatic heterocycles. The molecule has 0 aromatic heterocycles. The SMILES string of the molecule is COc1c(Br)cc(C)cc1Br.COc1ccccc1.O=C(O)c1ccc(Br)cc1.O=C(O)c1cccc(Br)c1.O=C(O)c1ccccc1Br. The van der Waals surface area contributed by atoms with Gasteiger partial charge in [-0.3, -0.25) is 0 Å². The van der Waals surface area contributed by atoms with E-state index < -0.39 is 17.9 Å². The molecule has 0 fully saturated rings. The van der Waals surface area contributed by atoms with Crippen LogP contribution in [0.3, 0.4) is 0 Å². The number of halogens is 5. The Morgan fingerprint density at radius 1 is 0.510 bits per heavy atom. The molecule has 8 nitrogen and oxygen atoms in total. The minimum absolute atomic E-state index is 0.294. The molecule has 0 atom stereocenters. The van der Waals surface area contributed by atoms with E-state index in [-0.39, 0.29) is 0 Å². The van der Waals surface area contributed by atoms with Gasteiger partial charge in [0, 0.05) is 13.4 Å². The third-order valence-electron chi connectivity index (χ3n) is 5.59. The van der Waals surface area contributed by atoms with Crippen LogP contribution in [0.25, 0.3) is 0 Å². The van der Waals surface area contributed by atoms with E-state index in [1.807, 2.05) is 49.4 Å². The van der Waals surface area contributed by atoms with Crippen LogP contribution in [0.5, 0.6) is 11.5 Å². The lowest BCUT2D eigenvalue weighted by atomic mass is 10.2. The standard InChI is InChI=1S/C8H8Br2O.3C7H5BrO2.C7H8O/c1-5-3-6(9)8(11-2)7(10)4-5;8-6-3-1-5(2-4-6)7(9)10;8-6-3-1-2-5(4-6)7(9)10;8-6-4-2-1-3-5(6)7(9)10;1-8-7-5-3-2-4-6-7/h3-4H,1-2H3;3*1-4H,(H,9,10);2-6H,1H3. The first-order valence-corrected chi connectivity index (χ1v) is 17.7. The maximum atomic E-state index is 10.4. The highest BCUT2D eigenvalue weighted by atomic mass is 79.9. The van der Waals surface area contributed by atoms with Crippen LogP contribution in [-0.4, -0.2) is 47.4 Å². The number of rotatable bonds is 5. The van der Waals surface area contributed by atoms with Gasteiger partial charge in [0.1, 0.15) is 11.5 Å². The molecule has 0 spiro atoms. The van der Waals surface area contributed by atoms with Gasteiger partial charge in [-0.25, -0.2) is 14.4 Å². The van der Waals surface area contributed by atoms with Crippen LogP contribution in [0.4, 0.5) is 0 Å². The van der Waals surface area contributed by atoms with Gasteiger partial charge in [-0.15, -0.1) is 0 Å². The monoisotopic (exact) mass is 986 g/mol. The largest absolute Gasteiger partial charge is 0.497 e. The first-order valence-electron chi connectivity index (χ1n) is 13.7. The summed E-state index contributed by atoms with van der Waals surface area (Å²) in [6.45, 7) is 2.04. The number of carboxylic acids is 3. The van der Waals surface area contributed by atoms with Crippen LogP contribution in [0.1, 0.15) is 36.6 Å². The number of aromatic carboxylic acids is 3. The minimum atomic E-state index is -0.910. The van der Waals surface area contributed by atoms with Crippen LogP contribution in [0, 0.1) is 6.92 Å². The number of hydrogen-bond acceptors (Lipinski definition) is 5. The number of aryl methyl sites for hydroxylation is 1. The normalized spacial score (nSPS) is 9.31. The van der Waals surface area contributed by atoms with Gasteiger partial charge in [0.25, 0.3) is 0 Å². The zero-order chi connectivity index (χ0) is 36.9. The first kappa shape index (κ1) is 43.5. The summed E-state index contributed by atoms with van der Waals surface area (Å²) in [6.07, 6.45) is 0. The number of ether oxygens (including phenoxy) is 2. The fourth-order valence-electron chi connectivity index (χ4n) is 3.29. The molecule has 13 heteroatoms. The third kappa shape index (κ3) is 17.6. The predicted octanol–water partition coefficient (Wildman–Crippen LogP) is 11.7. The topological polar surface area (TPSA) is 130 Å². The molecular weight excluding hydrogens is 960 g/mol. The molecule has 5 aromatic carbocycles. The fourth-order valence-corrected chi connectivity index (χ4v) is 6.14. The van der Waals surface area contributed by atoms with Crippen LogP contribution in [0.2, 0.25) is 0 Å².